The number of benzene rings is 1. The summed E-state index contributed by atoms with van der Waals surface area (Å²) in [5, 5.41) is 8.12. The molecule has 0 aliphatic carbocycles. The minimum absolute atomic E-state index is 0.0682. The van der Waals surface area contributed by atoms with Crippen molar-refractivity contribution in [2.24, 2.45) is 11.1 Å². The van der Waals surface area contributed by atoms with Crippen LogP contribution in [0, 0.1) is 12.8 Å². The molecule has 8 nitrogen and oxygen atoms in total. The van der Waals surface area contributed by atoms with Crippen molar-refractivity contribution in [1.29, 1.82) is 0 Å². The zero-order valence-electron chi connectivity index (χ0n) is 15.0. The number of nitrogens with zero attached hydrogens (tertiary/aromatic N) is 2. The van der Waals surface area contributed by atoms with Crippen LogP contribution in [0.5, 0.6) is 0 Å². The third-order valence-corrected chi connectivity index (χ3v) is 6.11. The number of carbonyl (C=O) groups is 1. The molecule has 0 saturated carbocycles. The van der Waals surface area contributed by atoms with E-state index in [1.54, 1.807) is 0 Å². The lowest BCUT2D eigenvalue weighted by molar-refractivity contribution is -0.120. The molecule has 9 heteroatoms. The molecule has 0 unspecified atom stereocenters. The second kappa shape index (κ2) is 7.91. The van der Waals surface area contributed by atoms with Crippen molar-refractivity contribution in [3.8, 4) is 0 Å². The fourth-order valence-electron chi connectivity index (χ4n) is 3.41. The van der Waals surface area contributed by atoms with Crippen molar-refractivity contribution >= 4 is 27.5 Å². The van der Waals surface area contributed by atoms with Crippen LogP contribution in [0.3, 0.4) is 0 Å². The van der Waals surface area contributed by atoms with E-state index in [4.69, 9.17) is 9.88 Å². The first-order valence-electron chi connectivity index (χ1n) is 8.86. The van der Waals surface area contributed by atoms with Crippen molar-refractivity contribution in [2.75, 3.05) is 49.6 Å². The van der Waals surface area contributed by atoms with E-state index >= 15 is 0 Å². The van der Waals surface area contributed by atoms with Gasteiger partial charge in [0.05, 0.1) is 13.2 Å². The number of carbonyl (C=O) groups excluding carboxylic acids is 1. The van der Waals surface area contributed by atoms with Crippen LogP contribution >= 0.6 is 0 Å². The topological polar surface area (TPSA) is 105 Å². The lowest BCUT2D eigenvalue weighted by atomic mass is 9.97. The molecule has 0 spiro atoms. The van der Waals surface area contributed by atoms with Crippen LogP contribution in [0.1, 0.15) is 18.4 Å². The molecule has 0 bridgehead atoms. The SMILES string of the molecule is Cc1cc(N2CCOCC2)ccc1NC(=O)C1CCN(S(N)(=O)=O)CC1. The minimum Gasteiger partial charge on any atom is -0.378 e. The van der Waals surface area contributed by atoms with Gasteiger partial charge in [0.25, 0.3) is 10.2 Å². The average Bonchev–Trinajstić information content (AvgIpc) is 2.63. The van der Waals surface area contributed by atoms with E-state index in [-0.39, 0.29) is 24.9 Å². The Balaban J connectivity index is 1.59. The molecular formula is C17H26N4O4S. The fraction of sp³-hybridized carbons (Fsp3) is 0.588. The standard InChI is InChI=1S/C17H26N4O4S/c1-13-12-15(20-8-10-25-11-9-20)2-3-16(13)19-17(22)14-4-6-21(7-5-14)26(18,23)24/h2-3,12,14H,4-11H2,1H3,(H,19,22)(H2,18,23,24). The second-order valence-corrected chi connectivity index (χ2v) is 8.35. The monoisotopic (exact) mass is 382 g/mol. The summed E-state index contributed by atoms with van der Waals surface area (Å²) in [5.41, 5.74) is 2.93. The Kier molecular flexibility index (Phi) is 5.81. The molecule has 3 N–H and O–H groups in total. The molecule has 2 aliphatic heterocycles. The van der Waals surface area contributed by atoms with E-state index in [0.717, 1.165) is 43.2 Å². The van der Waals surface area contributed by atoms with Crippen molar-refractivity contribution in [2.45, 2.75) is 19.8 Å². The van der Waals surface area contributed by atoms with Gasteiger partial charge in [-0.3, -0.25) is 4.79 Å². The number of rotatable bonds is 4. The third kappa shape index (κ3) is 4.53. The van der Waals surface area contributed by atoms with Gasteiger partial charge in [0.1, 0.15) is 0 Å². The van der Waals surface area contributed by atoms with E-state index in [9.17, 15) is 13.2 Å². The van der Waals surface area contributed by atoms with Gasteiger partial charge in [0.15, 0.2) is 0 Å². The summed E-state index contributed by atoms with van der Waals surface area (Å²) in [6, 6.07) is 6.01. The van der Waals surface area contributed by atoms with Gasteiger partial charge in [-0.15, -0.1) is 0 Å². The Hall–Kier alpha value is -1.68. The van der Waals surface area contributed by atoms with Crippen LogP contribution in [-0.2, 0) is 19.7 Å². The van der Waals surface area contributed by atoms with Gasteiger partial charge >= 0.3 is 0 Å². The average molecular weight is 382 g/mol. The molecule has 1 amide bonds. The maximum absolute atomic E-state index is 12.5. The zero-order valence-corrected chi connectivity index (χ0v) is 15.8. The van der Waals surface area contributed by atoms with Gasteiger partial charge < -0.3 is 15.0 Å². The molecule has 1 aromatic rings. The van der Waals surface area contributed by atoms with Crippen LogP contribution in [-0.4, -0.2) is 58.0 Å². The summed E-state index contributed by atoms with van der Waals surface area (Å²) in [5.74, 6) is -0.271. The van der Waals surface area contributed by atoms with Crippen LogP contribution < -0.4 is 15.4 Å². The molecular weight excluding hydrogens is 356 g/mol. The molecule has 2 heterocycles. The van der Waals surface area contributed by atoms with Gasteiger partial charge in [-0.2, -0.15) is 12.7 Å². The molecule has 0 aromatic heterocycles. The van der Waals surface area contributed by atoms with Gasteiger partial charge in [-0.1, -0.05) is 0 Å². The smallest absolute Gasteiger partial charge is 0.276 e. The second-order valence-electron chi connectivity index (χ2n) is 6.81. The number of ether oxygens (including phenoxy) is 1. The largest absolute Gasteiger partial charge is 0.378 e. The predicted molar refractivity (Wildman–Crippen MR) is 100 cm³/mol. The normalized spacial score (nSPS) is 20.2. The Morgan fingerprint density at radius 1 is 1.19 bits per heavy atom. The Morgan fingerprint density at radius 3 is 2.42 bits per heavy atom. The Morgan fingerprint density at radius 2 is 1.85 bits per heavy atom. The minimum atomic E-state index is -3.67. The maximum Gasteiger partial charge on any atom is 0.276 e. The summed E-state index contributed by atoms with van der Waals surface area (Å²) < 4.78 is 29.3. The van der Waals surface area contributed by atoms with E-state index in [1.807, 2.05) is 19.1 Å². The molecule has 2 fully saturated rings. The number of morpholine rings is 1. The maximum atomic E-state index is 12.5. The Labute approximate surface area is 154 Å². The lowest BCUT2D eigenvalue weighted by Crippen LogP contribution is -2.44. The number of nitrogens with two attached hydrogens (primary N) is 1. The predicted octanol–water partition coefficient (Wildman–Crippen LogP) is 0.686. The molecule has 0 atom stereocenters. The van der Waals surface area contributed by atoms with Gasteiger partial charge in [0.2, 0.25) is 5.91 Å². The quantitative estimate of drug-likeness (QED) is 0.797. The van der Waals surface area contributed by atoms with Crippen molar-refractivity contribution in [1.82, 2.24) is 4.31 Å². The summed E-state index contributed by atoms with van der Waals surface area (Å²) in [6.45, 7) is 5.74. The summed E-state index contributed by atoms with van der Waals surface area (Å²) in [7, 11) is -3.67. The molecule has 2 saturated heterocycles. The van der Waals surface area contributed by atoms with Crippen LogP contribution in [0.4, 0.5) is 11.4 Å². The van der Waals surface area contributed by atoms with E-state index in [0.29, 0.717) is 12.8 Å². The lowest BCUT2D eigenvalue weighted by Gasteiger charge is -2.30. The van der Waals surface area contributed by atoms with Crippen molar-refractivity contribution < 1.29 is 17.9 Å². The highest BCUT2D eigenvalue weighted by atomic mass is 32.2. The molecule has 1 aromatic carbocycles. The van der Waals surface area contributed by atoms with Crippen LogP contribution in [0.15, 0.2) is 18.2 Å². The van der Waals surface area contributed by atoms with Crippen molar-refractivity contribution in [3.63, 3.8) is 0 Å². The van der Waals surface area contributed by atoms with E-state index in [1.165, 1.54) is 4.31 Å². The van der Waals surface area contributed by atoms with E-state index in [2.05, 4.69) is 16.3 Å². The highest BCUT2D eigenvalue weighted by Gasteiger charge is 2.29. The van der Waals surface area contributed by atoms with Crippen LogP contribution in [0.2, 0.25) is 0 Å². The number of nitrogens with one attached hydrogen (secondary N) is 1. The number of hydrogen-bond donors (Lipinski definition) is 2. The van der Waals surface area contributed by atoms with Gasteiger partial charge in [0, 0.05) is 43.5 Å². The third-order valence-electron chi connectivity index (χ3n) is 5.03. The first-order valence-corrected chi connectivity index (χ1v) is 10.4. The first-order chi connectivity index (χ1) is 12.3. The number of amides is 1. The number of hydrogen-bond acceptors (Lipinski definition) is 5. The van der Waals surface area contributed by atoms with Gasteiger partial charge in [-0.25, -0.2) is 5.14 Å². The molecule has 2 aliphatic rings. The Bertz CT molecular complexity index is 754. The molecule has 26 heavy (non-hydrogen) atoms. The number of aryl methyl sites for hydroxylation is 1. The molecule has 144 valence electrons. The van der Waals surface area contributed by atoms with E-state index < -0.39 is 10.2 Å². The van der Waals surface area contributed by atoms with Crippen LogP contribution in [0.25, 0.3) is 0 Å². The zero-order chi connectivity index (χ0) is 18.7. The summed E-state index contributed by atoms with van der Waals surface area (Å²) >= 11 is 0. The molecule has 0 radical (unpaired) electrons. The highest BCUT2D eigenvalue weighted by Crippen LogP contribution is 2.25. The number of anilines is 2. The highest BCUT2D eigenvalue weighted by molar-refractivity contribution is 7.86. The summed E-state index contributed by atoms with van der Waals surface area (Å²) in [6.07, 6.45) is 0.959. The van der Waals surface area contributed by atoms with Gasteiger partial charge in [-0.05, 0) is 43.5 Å². The fourth-order valence-corrected chi connectivity index (χ4v) is 4.13. The summed E-state index contributed by atoms with van der Waals surface area (Å²) in [4.78, 5) is 14.8. The first kappa shape index (κ1) is 19.1. The molecule has 3 rings (SSSR count). The number of piperidine rings is 1. The van der Waals surface area contributed by atoms with Crippen molar-refractivity contribution in [3.05, 3.63) is 23.8 Å².